The Morgan fingerprint density at radius 3 is 2.84 bits per heavy atom. The largest absolute Gasteiger partial charge is 0.485 e. The molecule has 1 aromatic heterocycles. The van der Waals surface area contributed by atoms with Gasteiger partial charge in [0.1, 0.15) is 11.2 Å². The fourth-order valence-corrected chi connectivity index (χ4v) is 2.34. The molecule has 98 valence electrons. The first-order chi connectivity index (χ1) is 9.15. The number of fused-ring (bicyclic) bond motifs is 1. The van der Waals surface area contributed by atoms with E-state index in [1.54, 1.807) is 0 Å². The van der Waals surface area contributed by atoms with Crippen molar-refractivity contribution >= 4 is 28.1 Å². The maximum Gasteiger partial charge on any atom is 0.190 e. The third kappa shape index (κ3) is 2.37. The van der Waals surface area contributed by atoms with Crippen LogP contribution in [0.1, 0.15) is 17.6 Å². The Morgan fingerprint density at radius 2 is 2.11 bits per heavy atom. The SMILES string of the molecule is Cc1[nH]c(C2COc3ccccc3O2)nc(=S)c1Br. The van der Waals surface area contributed by atoms with Crippen molar-refractivity contribution in [3.8, 4) is 11.5 Å². The highest BCUT2D eigenvalue weighted by Gasteiger charge is 2.24. The van der Waals surface area contributed by atoms with Crippen molar-refractivity contribution in [3.63, 3.8) is 0 Å². The van der Waals surface area contributed by atoms with Crippen LogP contribution in [0.15, 0.2) is 28.7 Å². The number of hydrogen-bond acceptors (Lipinski definition) is 4. The van der Waals surface area contributed by atoms with E-state index < -0.39 is 0 Å². The van der Waals surface area contributed by atoms with Gasteiger partial charge >= 0.3 is 0 Å². The van der Waals surface area contributed by atoms with Crippen molar-refractivity contribution in [1.82, 2.24) is 9.97 Å². The molecule has 3 rings (SSSR count). The van der Waals surface area contributed by atoms with Gasteiger partial charge in [0, 0.05) is 5.69 Å². The minimum Gasteiger partial charge on any atom is -0.485 e. The summed E-state index contributed by atoms with van der Waals surface area (Å²) in [6.07, 6.45) is -0.275. The van der Waals surface area contributed by atoms with Crippen LogP contribution in [0.3, 0.4) is 0 Å². The van der Waals surface area contributed by atoms with Gasteiger partial charge in [0.15, 0.2) is 23.4 Å². The van der Waals surface area contributed by atoms with E-state index in [-0.39, 0.29) is 6.10 Å². The fourth-order valence-electron chi connectivity index (χ4n) is 1.90. The van der Waals surface area contributed by atoms with Crippen molar-refractivity contribution < 1.29 is 9.47 Å². The Bertz CT molecular complexity index is 687. The first kappa shape index (κ1) is 12.6. The van der Waals surface area contributed by atoms with Crippen LogP contribution >= 0.6 is 28.1 Å². The molecule has 2 aromatic rings. The summed E-state index contributed by atoms with van der Waals surface area (Å²) in [6, 6.07) is 7.58. The van der Waals surface area contributed by atoms with Crippen LogP contribution < -0.4 is 9.47 Å². The number of nitrogens with one attached hydrogen (secondary N) is 1. The minimum atomic E-state index is -0.275. The lowest BCUT2D eigenvalue weighted by atomic mass is 10.2. The highest BCUT2D eigenvalue weighted by Crippen LogP contribution is 2.35. The van der Waals surface area contributed by atoms with Crippen LogP contribution in [-0.4, -0.2) is 16.6 Å². The zero-order valence-electron chi connectivity index (χ0n) is 10.1. The zero-order chi connectivity index (χ0) is 13.4. The quantitative estimate of drug-likeness (QED) is 0.805. The van der Waals surface area contributed by atoms with E-state index in [9.17, 15) is 0 Å². The Hall–Kier alpha value is -1.40. The number of aromatic nitrogens is 2. The number of H-pyrrole nitrogens is 1. The van der Waals surface area contributed by atoms with E-state index in [4.69, 9.17) is 21.7 Å². The summed E-state index contributed by atoms with van der Waals surface area (Å²) >= 11 is 8.59. The number of rotatable bonds is 1. The van der Waals surface area contributed by atoms with Crippen LogP contribution in [0, 0.1) is 11.6 Å². The highest BCUT2D eigenvalue weighted by atomic mass is 79.9. The van der Waals surface area contributed by atoms with E-state index in [2.05, 4.69) is 25.9 Å². The Balaban J connectivity index is 1.95. The molecular formula is C13H11BrN2O2S. The van der Waals surface area contributed by atoms with E-state index >= 15 is 0 Å². The zero-order valence-corrected chi connectivity index (χ0v) is 12.5. The number of para-hydroxylation sites is 2. The normalized spacial score (nSPS) is 17.3. The molecule has 1 aliphatic rings. The van der Waals surface area contributed by atoms with Crippen LogP contribution in [0.25, 0.3) is 0 Å². The van der Waals surface area contributed by atoms with Crippen molar-refractivity contribution in [3.05, 3.63) is 44.9 Å². The van der Waals surface area contributed by atoms with Gasteiger partial charge < -0.3 is 14.5 Å². The van der Waals surface area contributed by atoms with Crippen molar-refractivity contribution in [2.45, 2.75) is 13.0 Å². The van der Waals surface area contributed by atoms with Gasteiger partial charge in [0.25, 0.3) is 0 Å². The van der Waals surface area contributed by atoms with Gasteiger partial charge in [0.05, 0.1) is 4.47 Å². The number of aryl methyl sites for hydroxylation is 1. The topological polar surface area (TPSA) is 47.1 Å². The lowest BCUT2D eigenvalue weighted by molar-refractivity contribution is 0.0848. The molecule has 4 nitrogen and oxygen atoms in total. The number of nitrogens with zero attached hydrogens (tertiary/aromatic N) is 1. The van der Waals surface area contributed by atoms with Gasteiger partial charge in [-0.25, -0.2) is 4.98 Å². The Morgan fingerprint density at radius 1 is 1.37 bits per heavy atom. The molecule has 1 N–H and O–H groups in total. The smallest absolute Gasteiger partial charge is 0.190 e. The molecule has 1 aliphatic heterocycles. The molecule has 2 heterocycles. The van der Waals surface area contributed by atoms with Crippen LogP contribution in [0.5, 0.6) is 11.5 Å². The van der Waals surface area contributed by atoms with Crippen molar-refractivity contribution in [2.75, 3.05) is 6.61 Å². The maximum atomic E-state index is 5.89. The van der Waals surface area contributed by atoms with Crippen LogP contribution in [-0.2, 0) is 0 Å². The molecule has 19 heavy (non-hydrogen) atoms. The third-order valence-electron chi connectivity index (χ3n) is 2.87. The number of halogens is 1. The van der Waals surface area contributed by atoms with E-state index in [1.807, 2.05) is 31.2 Å². The number of ether oxygens (including phenoxy) is 2. The number of hydrogen-bond donors (Lipinski definition) is 1. The fraction of sp³-hybridized carbons (Fsp3) is 0.231. The molecule has 0 bridgehead atoms. The van der Waals surface area contributed by atoms with E-state index in [0.29, 0.717) is 17.1 Å². The van der Waals surface area contributed by atoms with Gasteiger partial charge in [-0.15, -0.1) is 0 Å². The number of benzene rings is 1. The second kappa shape index (κ2) is 4.94. The van der Waals surface area contributed by atoms with Crippen LogP contribution in [0.2, 0.25) is 0 Å². The summed E-state index contributed by atoms with van der Waals surface area (Å²) in [6.45, 7) is 2.35. The number of aromatic amines is 1. The molecule has 0 amide bonds. The molecule has 0 radical (unpaired) electrons. The van der Waals surface area contributed by atoms with E-state index in [1.165, 1.54) is 0 Å². The summed E-state index contributed by atoms with van der Waals surface area (Å²) in [5.41, 5.74) is 0.928. The molecule has 0 saturated carbocycles. The maximum absolute atomic E-state index is 5.89. The lowest BCUT2D eigenvalue weighted by Crippen LogP contribution is -2.23. The van der Waals surface area contributed by atoms with Gasteiger partial charge in [-0.3, -0.25) is 0 Å². The van der Waals surface area contributed by atoms with Crippen molar-refractivity contribution in [1.29, 1.82) is 0 Å². The molecule has 0 saturated heterocycles. The summed E-state index contributed by atoms with van der Waals surface area (Å²) in [5, 5.41) is 0. The van der Waals surface area contributed by atoms with E-state index in [0.717, 1.165) is 21.7 Å². The average Bonchev–Trinajstić information content (AvgIpc) is 2.43. The van der Waals surface area contributed by atoms with Gasteiger partial charge in [-0.2, -0.15) is 0 Å². The van der Waals surface area contributed by atoms with Crippen LogP contribution in [0.4, 0.5) is 0 Å². The highest BCUT2D eigenvalue weighted by molar-refractivity contribution is 9.10. The molecule has 1 atom stereocenters. The molecule has 6 heteroatoms. The standard InChI is InChI=1S/C13H11BrN2O2S/c1-7-11(14)13(19)16-12(15-7)10-6-17-8-4-2-3-5-9(8)18-10/h2-5,10H,6H2,1H3,(H,15,16,19). The summed E-state index contributed by atoms with van der Waals surface area (Å²) in [4.78, 5) is 7.52. The predicted octanol–water partition coefficient (Wildman–Crippen LogP) is 3.72. The average molecular weight is 339 g/mol. The van der Waals surface area contributed by atoms with Gasteiger partial charge in [0.2, 0.25) is 0 Å². The first-order valence-electron chi connectivity index (χ1n) is 5.80. The van der Waals surface area contributed by atoms with Gasteiger partial charge in [-0.05, 0) is 35.0 Å². The molecule has 1 aromatic carbocycles. The third-order valence-corrected chi connectivity index (χ3v) is 4.40. The molecule has 1 unspecified atom stereocenters. The second-order valence-corrected chi connectivity index (χ2v) is 5.41. The summed E-state index contributed by atoms with van der Waals surface area (Å²) < 4.78 is 12.9. The summed E-state index contributed by atoms with van der Waals surface area (Å²) in [5.74, 6) is 2.16. The Labute approximate surface area is 123 Å². The molecule has 0 fully saturated rings. The first-order valence-corrected chi connectivity index (χ1v) is 7.00. The monoisotopic (exact) mass is 338 g/mol. The predicted molar refractivity (Wildman–Crippen MR) is 77.2 cm³/mol. The molecular weight excluding hydrogens is 328 g/mol. The Kier molecular flexibility index (Phi) is 3.28. The summed E-state index contributed by atoms with van der Waals surface area (Å²) in [7, 11) is 0. The van der Waals surface area contributed by atoms with Gasteiger partial charge in [-0.1, -0.05) is 24.4 Å². The lowest BCUT2D eigenvalue weighted by Gasteiger charge is -2.26. The minimum absolute atomic E-state index is 0.275. The molecule has 0 spiro atoms. The van der Waals surface area contributed by atoms with Crippen molar-refractivity contribution in [2.24, 2.45) is 0 Å². The molecule has 0 aliphatic carbocycles. The second-order valence-electron chi connectivity index (χ2n) is 4.23.